The Morgan fingerprint density at radius 3 is 2.44 bits per heavy atom. The minimum Gasteiger partial charge on any atom is -0.382 e. The van der Waals surface area contributed by atoms with Crippen molar-refractivity contribution in [2.45, 2.75) is 18.2 Å². The molecule has 16 heavy (non-hydrogen) atoms. The summed E-state index contributed by atoms with van der Waals surface area (Å²) in [5.41, 5.74) is 0.898. The van der Waals surface area contributed by atoms with E-state index in [1.165, 1.54) is 0 Å². The maximum absolute atomic E-state index is 11.7. The maximum atomic E-state index is 11.7. The Morgan fingerprint density at radius 1 is 1.31 bits per heavy atom. The molecule has 0 heterocycles. The summed E-state index contributed by atoms with van der Waals surface area (Å²) in [7, 11) is -3.10. The average molecular weight is 239 g/mol. The topological polar surface area (TPSA) is 46.2 Å². The van der Waals surface area contributed by atoms with Gasteiger partial charge in [0.2, 0.25) is 0 Å². The number of rotatable bonds is 6. The molecular weight excluding hydrogens is 222 g/mol. The molecule has 0 fully saturated rings. The molecule has 0 aliphatic carbocycles. The molecule has 1 aromatic rings. The average Bonchev–Trinajstić information content (AvgIpc) is 2.27. The molecule has 0 bridgehead atoms. The predicted octanol–water partition coefficient (Wildman–Crippen LogP) is 2.47. The summed E-state index contributed by atoms with van der Waals surface area (Å²) in [5.74, 6) is 0.201. The zero-order valence-corrected chi connectivity index (χ0v) is 10.3. The quantitative estimate of drug-likeness (QED) is 0.776. The van der Waals surface area contributed by atoms with Gasteiger partial charge < -0.3 is 5.32 Å². The monoisotopic (exact) mass is 239 g/mol. The highest BCUT2D eigenvalue weighted by Crippen LogP contribution is 2.15. The molecule has 4 heteroatoms. The van der Waals surface area contributed by atoms with Gasteiger partial charge in [-0.05, 0) is 30.7 Å². The minimum atomic E-state index is -3.10. The van der Waals surface area contributed by atoms with Crippen molar-refractivity contribution in [2.24, 2.45) is 0 Å². The molecule has 1 N–H and O–H groups in total. The molecule has 0 radical (unpaired) electrons. The van der Waals surface area contributed by atoms with Gasteiger partial charge in [-0.1, -0.05) is 13.0 Å². The predicted molar refractivity (Wildman–Crippen MR) is 67.5 cm³/mol. The van der Waals surface area contributed by atoms with E-state index in [4.69, 9.17) is 0 Å². The summed E-state index contributed by atoms with van der Waals surface area (Å²) in [5, 5.41) is 3.09. The van der Waals surface area contributed by atoms with Crippen molar-refractivity contribution < 1.29 is 8.42 Å². The number of sulfone groups is 1. The van der Waals surface area contributed by atoms with Crippen molar-refractivity contribution in [1.82, 2.24) is 0 Å². The fourth-order valence-electron chi connectivity index (χ4n) is 1.36. The van der Waals surface area contributed by atoms with Gasteiger partial charge >= 0.3 is 0 Å². The second-order valence-corrected chi connectivity index (χ2v) is 5.62. The van der Waals surface area contributed by atoms with Crippen LogP contribution in [0.3, 0.4) is 0 Å². The van der Waals surface area contributed by atoms with Crippen LogP contribution in [-0.2, 0) is 9.84 Å². The zero-order valence-electron chi connectivity index (χ0n) is 9.44. The minimum absolute atomic E-state index is 0.201. The largest absolute Gasteiger partial charge is 0.382 e. The maximum Gasteiger partial charge on any atom is 0.178 e. The van der Waals surface area contributed by atoms with Crippen LogP contribution < -0.4 is 5.32 Å². The first kappa shape index (κ1) is 12.8. The molecule has 0 amide bonds. The van der Waals surface area contributed by atoms with Crippen molar-refractivity contribution >= 4 is 15.5 Å². The van der Waals surface area contributed by atoms with Gasteiger partial charge in [0.15, 0.2) is 9.84 Å². The first-order chi connectivity index (χ1) is 7.60. The third-order valence-electron chi connectivity index (χ3n) is 2.14. The Kier molecular flexibility index (Phi) is 4.55. The molecule has 0 aromatic heterocycles. The van der Waals surface area contributed by atoms with Crippen molar-refractivity contribution in [1.29, 1.82) is 0 Å². The molecule has 0 spiro atoms. The fourth-order valence-corrected chi connectivity index (χ4v) is 2.68. The Hall–Kier alpha value is -1.29. The molecular formula is C12H17NO2S. The third-order valence-corrected chi connectivity index (χ3v) is 4.07. The van der Waals surface area contributed by atoms with E-state index in [-0.39, 0.29) is 5.75 Å². The molecule has 0 aliphatic rings. The van der Waals surface area contributed by atoms with Crippen molar-refractivity contribution in [3.63, 3.8) is 0 Å². The van der Waals surface area contributed by atoms with Crippen LogP contribution in [0.25, 0.3) is 0 Å². The van der Waals surface area contributed by atoms with Gasteiger partial charge in [0.05, 0.1) is 10.6 Å². The van der Waals surface area contributed by atoms with Gasteiger partial charge in [-0.15, -0.1) is 6.58 Å². The van der Waals surface area contributed by atoms with Crippen molar-refractivity contribution in [2.75, 3.05) is 17.6 Å². The molecule has 0 saturated heterocycles. The highest BCUT2D eigenvalue weighted by molar-refractivity contribution is 7.91. The summed E-state index contributed by atoms with van der Waals surface area (Å²) < 4.78 is 23.4. The van der Waals surface area contributed by atoms with E-state index >= 15 is 0 Å². The molecule has 1 aromatic carbocycles. The lowest BCUT2D eigenvalue weighted by Gasteiger charge is -2.05. The van der Waals surface area contributed by atoms with Crippen molar-refractivity contribution in [3.05, 3.63) is 36.9 Å². The highest BCUT2D eigenvalue weighted by atomic mass is 32.2. The normalized spacial score (nSPS) is 11.1. The summed E-state index contributed by atoms with van der Waals surface area (Å²) in [6.45, 7) is 6.12. The van der Waals surface area contributed by atoms with Crippen LogP contribution in [0.2, 0.25) is 0 Å². The van der Waals surface area contributed by atoms with Gasteiger partial charge in [-0.25, -0.2) is 8.42 Å². The SMILES string of the molecule is C=CCNc1ccc(S(=O)(=O)CCC)cc1. The van der Waals surface area contributed by atoms with Gasteiger partial charge in [0, 0.05) is 12.2 Å². The summed E-state index contributed by atoms with van der Waals surface area (Å²) >= 11 is 0. The molecule has 0 saturated carbocycles. The van der Waals surface area contributed by atoms with E-state index in [1.54, 1.807) is 30.3 Å². The van der Waals surface area contributed by atoms with Crippen LogP contribution >= 0.6 is 0 Å². The highest BCUT2D eigenvalue weighted by Gasteiger charge is 2.12. The van der Waals surface area contributed by atoms with Gasteiger partial charge in [-0.3, -0.25) is 0 Å². The van der Waals surface area contributed by atoms with E-state index in [0.717, 1.165) is 5.69 Å². The number of anilines is 1. The molecule has 3 nitrogen and oxygen atoms in total. The second kappa shape index (κ2) is 5.70. The molecule has 0 atom stereocenters. The van der Waals surface area contributed by atoms with Crippen LogP contribution in [-0.4, -0.2) is 20.7 Å². The van der Waals surface area contributed by atoms with E-state index in [2.05, 4.69) is 11.9 Å². The second-order valence-electron chi connectivity index (χ2n) is 3.51. The molecule has 0 aliphatic heterocycles. The third kappa shape index (κ3) is 3.38. The van der Waals surface area contributed by atoms with Crippen LogP contribution in [0.4, 0.5) is 5.69 Å². The summed E-state index contributed by atoms with van der Waals surface area (Å²) in [6.07, 6.45) is 2.39. The number of hydrogen-bond acceptors (Lipinski definition) is 3. The lowest BCUT2D eigenvalue weighted by atomic mass is 10.3. The van der Waals surface area contributed by atoms with E-state index in [9.17, 15) is 8.42 Å². The van der Waals surface area contributed by atoms with Gasteiger partial charge in [0.25, 0.3) is 0 Å². The zero-order chi connectivity index (χ0) is 12.0. The van der Waals surface area contributed by atoms with Crippen LogP contribution in [0.15, 0.2) is 41.8 Å². The fraction of sp³-hybridized carbons (Fsp3) is 0.333. The standard InChI is InChI=1S/C12H17NO2S/c1-3-9-13-11-5-7-12(8-6-11)16(14,15)10-4-2/h3,5-8,13H,1,4,9-10H2,2H3. The molecule has 0 unspecified atom stereocenters. The lowest BCUT2D eigenvalue weighted by molar-refractivity contribution is 0.595. The van der Waals surface area contributed by atoms with Crippen LogP contribution in [0.5, 0.6) is 0 Å². The van der Waals surface area contributed by atoms with Gasteiger partial charge in [0.1, 0.15) is 0 Å². The number of nitrogens with one attached hydrogen (secondary N) is 1. The Morgan fingerprint density at radius 2 is 1.94 bits per heavy atom. The van der Waals surface area contributed by atoms with E-state index < -0.39 is 9.84 Å². The van der Waals surface area contributed by atoms with Crippen LogP contribution in [0.1, 0.15) is 13.3 Å². The first-order valence-corrected chi connectivity index (χ1v) is 6.93. The molecule has 1 rings (SSSR count). The molecule has 88 valence electrons. The number of benzene rings is 1. The Balaban J connectivity index is 2.82. The number of hydrogen-bond donors (Lipinski definition) is 1. The Bertz CT molecular complexity index is 435. The van der Waals surface area contributed by atoms with E-state index in [0.29, 0.717) is 17.9 Å². The summed E-state index contributed by atoms with van der Waals surface area (Å²) in [4.78, 5) is 0.388. The van der Waals surface area contributed by atoms with Crippen LogP contribution in [0, 0.1) is 0 Å². The van der Waals surface area contributed by atoms with E-state index in [1.807, 2.05) is 6.92 Å². The summed E-state index contributed by atoms with van der Waals surface area (Å²) in [6, 6.07) is 6.81. The lowest BCUT2D eigenvalue weighted by Crippen LogP contribution is -2.06. The van der Waals surface area contributed by atoms with Crippen molar-refractivity contribution in [3.8, 4) is 0 Å². The smallest absolute Gasteiger partial charge is 0.178 e. The first-order valence-electron chi connectivity index (χ1n) is 5.27. The Labute approximate surface area is 97.1 Å². The van der Waals surface area contributed by atoms with Gasteiger partial charge in [-0.2, -0.15) is 0 Å².